The second kappa shape index (κ2) is 6.32. The molecule has 2 heterocycles. The van der Waals surface area contributed by atoms with E-state index >= 15 is 0 Å². The van der Waals surface area contributed by atoms with Gasteiger partial charge in [-0.2, -0.15) is 0 Å². The zero-order chi connectivity index (χ0) is 19.0. The van der Waals surface area contributed by atoms with Crippen molar-refractivity contribution in [3.8, 4) is 0 Å². The van der Waals surface area contributed by atoms with Crippen molar-refractivity contribution in [2.24, 2.45) is 0 Å². The average Bonchev–Trinajstić information content (AvgIpc) is 2.53. The van der Waals surface area contributed by atoms with Crippen LogP contribution in [0.2, 0.25) is 0 Å². The number of hydrogen-bond acceptors (Lipinski definition) is 6. The molecule has 26 heavy (non-hydrogen) atoms. The number of aromatic carboxylic acids is 1. The molecule has 1 aromatic rings. The minimum Gasteiger partial charge on any atom is -0.545 e. The van der Waals surface area contributed by atoms with Crippen LogP contribution in [0.1, 0.15) is 24.2 Å². The number of urea groups is 1. The Morgan fingerprint density at radius 3 is 1.88 bits per heavy atom. The fraction of sp³-hybridized carbons (Fsp3) is 0.111. The summed E-state index contributed by atoms with van der Waals surface area (Å²) in [5.74, 6) is -2.77. The molecule has 2 aliphatic heterocycles. The van der Waals surface area contributed by atoms with Gasteiger partial charge in [0.15, 0.2) is 0 Å². The number of rotatable bonds is 2. The minimum absolute atomic E-state index is 0.0667. The number of imide groups is 2. The molecule has 0 radical (unpaired) electrons. The van der Waals surface area contributed by atoms with Crippen molar-refractivity contribution in [1.29, 1.82) is 0 Å². The molecular formula is C18H14N3O5-. The highest BCUT2D eigenvalue weighted by Crippen LogP contribution is 2.31. The van der Waals surface area contributed by atoms with E-state index in [-0.39, 0.29) is 11.1 Å². The van der Waals surface area contributed by atoms with Crippen LogP contribution in [0.5, 0.6) is 0 Å². The van der Waals surface area contributed by atoms with E-state index in [2.05, 4.69) is 0 Å². The predicted octanol–water partition coefficient (Wildman–Crippen LogP) is 0.340. The van der Waals surface area contributed by atoms with E-state index in [1.807, 2.05) is 15.5 Å². The molecule has 1 saturated heterocycles. The van der Waals surface area contributed by atoms with Crippen molar-refractivity contribution in [2.75, 3.05) is 4.90 Å². The lowest BCUT2D eigenvalue weighted by molar-refractivity contribution is -0.255. The first-order chi connectivity index (χ1) is 12.3. The first kappa shape index (κ1) is 17.2. The maximum Gasteiger partial charge on any atom is 0.328 e. The SMILES string of the molecule is CC1=CC(=C2C(=O)NC(=O)NC2=O)C=C(C)N1c1ccc(C(=O)[O-])cc1. The largest absolute Gasteiger partial charge is 0.545 e. The highest BCUT2D eigenvalue weighted by molar-refractivity contribution is 6.29. The molecule has 8 heteroatoms. The van der Waals surface area contributed by atoms with Crippen LogP contribution < -0.4 is 20.6 Å². The third-order valence-corrected chi connectivity index (χ3v) is 3.99. The Labute approximate surface area is 148 Å². The molecule has 3 rings (SSSR count). The Bertz CT molecular complexity index is 894. The fourth-order valence-electron chi connectivity index (χ4n) is 2.92. The van der Waals surface area contributed by atoms with Gasteiger partial charge in [-0.15, -0.1) is 0 Å². The topological polar surface area (TPSA) is 119 Å². The number of nitrogens with one attached hydrogen (secondary N) is 2. The lowest BCUT2D eigenvalue weighted by Gasteiger charge is -2.30. The third-order valence-electron chi connectivity index (χ3n) is 3.99. The van der Waals surface area contributed by atoms with Gasteiger partial charge in [0.05, 0.1) is 5.97 Å². The Balaban J connectivity index is 1.99. The normalized spacial score (nSPS) is 17.5. The monoisotopic (exact) mass is 352 g/mol. The quantitative estimate of drug-likeness (QED) is 0.585. The van der Waals surface area contributed by atoms with Crippen molar-refractivity contribution in [2.45, 2.75) is 13.8 Å². The number of nitrogens with zero attached hydrogens (tertiary/aromatic N) is 1. The maximum absolute atomic E-state index is 12.0. The molecule has 132 valence electrons. The summed E-state index contributed by atoms with van der Waals surface area (Å²) in [6, 6.07) is 5.30. The maximum atomic E-state index is 12.0. The van der Waals surface area contributed by atoms with Gasteiger partial charge in [-0.05, 0) is 49.3 Å². The second-order valence-electron chi connectivity index (χ2n) is 5.81. The Kier molecular flexibility index (Phi) is 4.17. The van der Waals surface area contributed by atoms with E-state index in [0.717, 1.165) is 0 Å². The summed E-state index contributed by atoms with van der Waals surface area (Å²) in [7, 11) is 0. The van der Waals surface area contributed by atoms with Crippen molar-refractivity contribution in [3.63, 3.8) is 0 Å². The first-order valence-electron chi connectivity index (χ1n) is 7.67. The van der Waals surface area contributed by atoms with Crippen LogP contribution in [0.4, 0.5) is 10.5 Å². The van der Waals surface area contributed by atoms with Crippen LogP contribution in [0, 0.1) is 0 Å². The van der Waals surface area contributed by atoms with Gasteiger partial charge in [-0.25, -0.2) is 4.79 Å². The van der Waals surface area contributed by atoms with Gasteiger partial charge in [0.25, 0.3) is 11.8 Å². The molecule has 0 aliphatic carbocycles. The second-order valence-corrected chi connectivity index (χ2v) is 5.81. The molecule has 0 atom stereocenters. The number of carboxylic acids is 1. The zero-order valence-corrected chi connectivity index (χ0v) is 14.0. The summed E-state index contributed by atoms with van der Waals surface area (Å²) < 4.78 is 0. The molecule has 2 N–H and O–H groups in total. The molecule has 0 saturated carbocycles. The predicted molar refractivity (Wildman–Crippen MR) is 89.5 cm³/mol. The molecule has 0 unspecified atom stereocenters. The summed E-state index contributed by atoms with van der Waals surface area (Å²) in [5.41, 5.74) is 2.45. The summed E-state index contributed by atoms with van der Waals surface area (Å²) in [6.07, 6.45) is 3.29. The van der Waals surface area contributed by atoms with E-state index in [1.165, 1.54) is 12.1 Å². The number of allylic oxidation sites excluding steroid dienone is 5. The Hall–Kier alpha value is -3.68. The van der Waals surface area contributed by atoms with Gasteiger partial charge in [-0.3, -0.25) is 20.2 Å². The van der Waals surface area contributed by atoms with Gasteiger partial charge in [0.2, 0.25) is 0 Å². The van der Waals surface area contributed by atoms with Gasteiger partial charge >= 0.3 is 6.03 Å². The van der Waals surface area contributed by atoms with Gasteiger partial charge in [-0.1, -0.05) is 12.1 Å². The van der Waals surface area contributed by atoms with Gasteiger partial charge in [0, 0.05) is 17.1 Å². The number of hydrogen-bond donors (Lipinski definition) is 2. The zero-order valence-electron chi connectivity index (χ0n) is 14.0. The van der Waals surface area contributed by atoms with Crippen LogP contribution >= 0.6 is 0 Å². The van der Waals surface area contributed by atoms with Crippen LogP contribution in [0.25, 0.3) is 0 Å². The molecule has 0 aromatic heterocycles. The van der Waals surface area contributed by atoms with Crippen LogP contribution in [0.15, 0.2) is 59.0 Å². The van der Waals surface area contributed by atoms with Crippen molar-refractivity contribution >= 4 is 29.5 Å². The minimum atomic E-state index is -1.26. The highest BCUT2D eigenvalue weighted by Gasteiger charge is 2.31. The number of carboxylic acid groups (broad SMARTS) is 1. The smallest absolute Gasteiger partial charge is 0.328 e. The average molecular weight is 352 g/mol. The molecule has 8 nitrogen and oxygen atoms in total. The number of carbonyl (C=O) groups is 4. The number of anilines is 1. The lowest BCUT2D eigenvalue weighted by atomic mass is 9.99. The van der Waals surface area contributed by atoms with Crippen molar-refractivity contribution in [3.05, 3.63) is 64.5 Å². The third kappa shape index (κ3) is 3.00. The van der Waals surface area contributed by atoms with Crippen molar-refractivity contribution < 1.29 is 24.3 Å². The number of benzene rings is 1. The fourth-order valence-corrected chi connectivity index (χ4v) is 2.92. The van der Waals surface area contributed by atoms with Crippen molar-refractivity contribution in [1.82, 2.24) is 10.6 Å². The van der Waals surface area contributed by atoms with Crippen LogP contribution in [-0.4, -0.2) is 23.8 Å². The Morgan fingerprint density at radius 2 is 1.42 bits per heavy atom. The van der Waals surface area contributed by atoms with Crippen LogP contribution in [0.3, 0.4) is 0 Å². The lowest BCUT2D eigenvalue weighted by Crippen LogP contribution is -2.51. The number of carbonyl (C=O) groups excluding carboxylic acids is 4. The molecule has 0 bridgehead atoms. The summed E-state index contributed by atoms with van der Waals surface area (Å²) >= 11 is 0. The molecule has 2 aliphatic rings. The standard InChI is InChI=1S/C18H15N3O5/c1-9-7-12(14-15(22)19-18(26)20-16(14)23)8-10(2)21(9)13-5-3-11(4-6-13)17(24)25/h3-8H,1-2H3,(H,24,25)(H2,19,20,22,23,26)/p-1. The van der Waals surface area contributed by atoms with Crippen LogP contribution in [-0.2, 0) is 9.59 Å². The highest BCUT2D eigenvalue weighted by atomic mass is 16.4. The summed E-state index contributed by atoms with van der Waals surface area (Å²) in [5, 5.41) is 15.0. The first-order valence-corrected chi connectivity index (χ1v) is 7.67. The van der Waals surface area contributed by atoms with Gasteiger partial charge in [0.1, 0.15) is 5.57 Å². The summed E-state index contributed by atoms with van der Waals surface area (Å²) in [6.45, 7) is 3.57. The van der Waals surface area contributed by atoms with E-state index in [0.29, 0.717) is 22.7 Å². The molecule has 0 spiro atoms. The van der Waals surface area contributed by atoms with E-state index in [9.17, 15) is 24.3 Å². The summed E-state index contributed by atoms with van der Waals surface area (Å²) in [4.78, 5) is 47.9. The Morgan fingerprint density at radius 1 is 0.923 bits per heavy atom. The molecule has 1 aromatic carbocycles. The molecular weight excluding hydrogens is 338 g/mol. The van der Waals surface area contributed by atoms with E-state index in [1.54, 1.807) is 38.1 Å². The molecule has 4 amide bonds. The molecule has 1 fully saturated rings. The van der Waals surface area contributed by atoms with E-state index in [4.69, 9.17) is 0 Å². The van der Waals surface area contributed by atoms with Gasteiger partial charge < -0.3 is 14.8 Å². The number of barbiturate groups is 1. The van der Waals surface area contributed by atoms with E-state index < -0.39 is 23.8 Å². The number of amides is 4.